The van der Waals surface area contributed by atoms with Crippen molar-refractivity contribution >= 4 is 0 Å². The van der Waals surface area contributed by atoms with E-state index < -0.39 is 0 Å². The molecule has 1 rings (SSSR count). The van der Waals surface area contributed by atoms with Crippen LogP contribution in [0.4, 0.5) is 4.39 Å². The fourth-order valence-corrected chi connectivity index (χ4v) is 1.90. The molecular weight excluding hydrogens is 219 g/mol. The summed E-state index contributed by atoms with van der Waals surface area (Å²) < 4.78 is 18.9. The van der Waals surface area contributed by atoms with Gasteiger partial charge in [-0.2, -0.15) is 0 Å². The molecule has 0 aliphatic rings. The van der Waals surface area contributed by atoms with Gasteiger partial charge in [0.15, 0.2) is 11.6 Å². The molecule has 0 saturated carbocycles. The van der Waals surface area contributed by atoms with Gasteiger partial charge in [0.1, 0.15) is 0 Å². The maximum atomic E-state index is 13.7. The number of benzene rings is 1. The molecule has 1 aromatic rings. The average Bonchev–Trinajstić information content (AvgIpc) is 2.33. The first-order chi connectivity index (χ1) is 8.13. The molecule has 4 heteroatoms. The molecule has 3 N–H and O–H groups in total. The summed E-state index contributed by atoms with van der Waals surface area (Å²) >= 11 is 0. The van der Waals surface area contributed by atoms with Gasteiger partial charge in [0.25, 0.3) is 0 Å². The largest absolute Gasteiger partial charge is 0.491 e. The Kier molecular flexibility index (Phi) is 5.38. The number of halogens is 1. The molecule has 0 heterocycles. The van der Waals surface area contributed by atoms with E-state index in [9.17, 15) is 4.39 Å². The first-order valence-corrected chi connectivity index (χ1v) is 5.93. The maximum Gasteiger partial charge on any atom is 0.165 e. The standard InChI is InChI=1S/C13H21FN2O/c1-4-17-12-6-5-10(7-11(12)14)13(16-3)9(2)8-15/h5-7,9,13,16H,4,8,15H2,1-3H3. The van der Waals surface area contributed by atoms with Crippen molar-refractivity contribution in [1.29, 1.82) is 0 Å². The monoisotopic (exact) mass is 240 g/mol. The fraction of sp³-hybridized carbons (Fsp3) is 0.538. The van der Waals surface area contributed by atoms with Crippen molar-refractivity contribution in [3.05, 3.63) is 29.6 Å². The Morgan fingerprint density at radius 3 is 2.65 bits per heavy atom. The Hall–Kier alpha value is -1.13. The summed E-state index contributed by atoms with van der Waals surface area (Å²) in [7, 11) is 1.85. The van der Waals surface area contributed by atoms with Crippen LogP contribution in [0.5, 0.6) is 5.75 Å². The molecule has 2 unspecified atom stereocenters. The van der Waals surface area contributed by atoms with E-state index in [1.807, 2.05) is 27.0 Å². The Bertz CT molecular complexity index is 357. The summed E-state index contributed by atoms with van der Waals surface area (Å²) in [6, 6.07) is 5.12. The number of ether oxygens (including phenoxy) is 1. The van der Waals surface area contributed by atoms with Crippen molar-refractivity contribution in [2.45, 2.75) is 19.9 Å². The average molecular weight is 240 g/mol. The number of nitrogens with two attached hydrogens (primary N) is 1. The zero-order chi connectivity index (χ0) is 12.8. The fourth-order valence-electron chi connectivity index (χ4n) is 1.90. The zero-order valence-corrected chi connectivity index (χ0v) is 10.7. The first kappa shape index (κ1) is 13.9. The molecule has 0 aromatic heterocycles. The topological polar surface area (TPSA) is 47.3 Å². The molecule has 3 nitrogen and oxygen atoms in total. The van der Waals surface area contributed by atoms with Crippen molar-refractivity contribution in [3.63, 3.8) is 0 Å². The van der Waals surface area contributed by atoms with E-state index in [4.69, 9.17) is 10.5 Å². The summed E-state index contributed by atoms with van der Waals surface area (Å²) in [6.07, 6.45) is 0. The molecule has 1 aromatic carbocycles. The van der Waals surface area contributed by atoms with E-state index in [1.165, 1.54) is 6.07 Å². The first-order valence-electron chi connectivity index (χ1n) is 5.93. The Balaban J connectivity index is 2.94. The Morgan fingerprint density at radius 2 is 2.18 bits per heavy atom. The Labute approximate surface area is 102 Å². The van der Waals surface area contributed by atoms with Crippen LogP contribution >= 0.6 is 0 Å². The molecule has 0 radical (unpaired) electrons. The molecule has 2 atom stereocenters. The van der Waals surface area contributed by atoms with Crippen LogP contribution in [0.1, 0.15) is 25.5 Å². The molecule has 0 spiro atoms. The van der Waals surface area contributed by atoms with Gasteiger partial charge >= 0.3 is 0 Å². The van der Waals surface area contributed by atoms with Crippen LogP contribution in [0, 0.1) is 11.7 Å². The molecule has 0 aliphatic heterocycles. The van der Waals surface area contributed by atoms with E-state index >= 15 is 0 Å². The van der Waals surface area contributed by atoms with Crippen molar-refractivity contribution in [3.8, 4) is 5.75 Å². The molecule has 96 valence electrons. The lowest BCUT2D eigenvalue weighted by Crippen LogP contribution is -2.28. The van der Waals surface area contributed by atoms with Crippen LogP contribution in [-0.4, -0.2) is 20.2 Å². The smallest absolute Gasteiger partial charge is 0.165 e. The minimum Gasteiger partial charge on any atom is -0.491 e. The highest BCUT2D eigenvalue weighted by molar-refractivity contribution is 5.31. The number of nitrogens with one attached hydrogen (secondary N) is 1. The molecule has 17 heavy (non-hydrogen) atoms. The molecule has 0 amide bonds. The highest BCUT2D eigenvalue weighted by Gasteiger charge is 2.17. The van der Waals surface area contributed by atoms with Crippen molar-refractivity contribution in [2.75, 3.05) is 20.2 Å². The van der Waals surface area contributed by atoms with Crippen LogP contribution in [0.2, 0.25) is 0 Å². The van der Waals surface area contributed by atoms with E-state index in [2.05, 4.69) is 5.32 Å². The van der Waals surface area contributed by atoms with Gasteiger partial charge in [-0.1, -0.05) is 13.0 Å². The number of hydrogen-bond donors (Lipinski definition) is 2. The molecular formula is C13H21FN2O. The SMILES string of the molecule is CCOc1ccc(C(NC)C(C)CN)cc1F. The maximum absolute atomic E-state index is 13.7. The predicted molar refractivity (Wildman–Crippen MR) is 67.6 cm³/mol. The van der Waals surface area contributed by atoms with E-state index in [1.54, 1.807) is 6.07 Å². The summed E-state index contributed by atoms with van der Waals surface area (Å²) in [5, 5.41) is 3.16. The number of hydrogen-bond acceptors (Lipinski definition) is 3. The normalized spacial score (nSPS) is 14.4. The molecule has 0 bridgehead atoms. The van der Waals surface area contributed by atoms with Crippen molar-refractivity contribution < 1.29 is 9.13 Å². The van der Waals surface area contributed by atoms with Gasteiger partial charge in [-0.25, -0.2) is 4.39 Å². The lowest BCUT2D eigenvalue weighted by molar-refractivity contribution is 0.320. The second kappa shape index (κ2) is 6.57. The van der Waals surface area contributed by atoms with Crippen molar-refractivity contribution in [1.82, 2.24) is 5.32 Å². The quantitative estimate of drug-likeness (QED) is 0.800. The third-order valence-corrected chi connectivity index (χ3v) is 2.87. The molecule has 0 saturated heterocycles. The van der Waals surface area contributed by atoms with Crippen LogP contribution in [0.3, 0.4) is 0 Å². The number of rotatable bonds is 6. The van der Waals surface area contributed by atoms with E-state index in [0.29, 0.717) is 18.9 Å². The van der Waals surface area contributed by atoms with Crippen molar-refractivity contribution in [2.24, 2.45) is 11.7 Å². The van der Waals surface area contributed by atoms with Crippen LogP contribution < -0.4 is 15.8 Å². The van der Waals surface area contributed by atoms with Crippen LogP contribution in [0.15, 0.2) is 18.2 Å². The predicted octanol–water partition coefficient (Wildman–Crippen LogP) is 2.08. The van der Waals surface area contributed by atoms with Gasteiger partial charge in [-0.15, -0.1) is 0 Å². The third-order valence-electron chi connectivity index (χ3n) is 2.87. The molecule has 0 aliphatic carbocycles. The second-order valence-corrected chi connectivity index (χ2v) is 4.10. The van der Waals surface area contributed by atoms with E-state index in [0.717, 1.165) is 5.56 Å². The minimum atomic E-state index is -0.325. The van der Waals surface area contributed by atoms with Gasteiger partial charge in [-0.05, 0) is 44.1 Å². The van der Waals surface area contributed by atoms with Gasteiger partial charge in [-0.3, -0.25) is 0 Å². The van der Waals surface area contributed by atoms with Crippen LogP contribution in [-0.2, 0) is 0 Å². The van der Waals surface area contributed by atoms with Gasteiger partial charge < -0.3 is 15.8 Å². The Morgan fingerprint density at radius 1 is 1.47 bits per heavy atom. The van der Waals surface area contributed by atoms with E-state index in [-0.39, 0.29) is 17.8 Å². The summed E-state index contributed by atoms with van der Waals surface area (Å²) in [5.41, 5.74) is 6.54. The van der Waals surface area contributed by atoms with Gasteiger partial charge in [0.2, 0.25) is 0 Å². The summed E-state index contributed by atoms with van der Waals surface area (Å²) in [6.45, 7) is 4.89. The summed E-state index contributed by atoms with van der Waals surface area (Å²) in [4.78, 5) is 0. The highest BCUT2D eigenvalue weighted by Crippen LogP contribution is 2.25. The highest BCUT2D eigenvalue weighted by atomic mass is 19.1. The zero-order valence-electron chi connectivity index (χ0n) is 10.7. The van der Waals surface area contributed by atoms with Gasteiger partial charge in [0, 0.05) is 6.04 Å². The van der Waals surface area contributed by atoms with Gasteiger partial charge in [0.05, 0.1) is 6.61 Å². The third kappa shape index (κ3) is 3.41. The van der Waals surface area contributed by atoms with Crippen LogP contribution in [0.25, 0.3) is 0 Å². The minimum absolute atomic E-state index is 0.0603. The molecule has 0 fully saturated rings. The summed E-state index contributed by atoms with van der Waals surface area (Å²) in [5.74, 6) is 0.220. The lowest BCUT2D eigenvalue weighted by atomic mass is 9.94. The second-order valence-electron chi connectivity index (χ2n) is 4.10. The lowest BCUT2D eigenvalue weighted by Gasteiger charge is -2.23.